The average Bonchev–Trinajstić information content (AvgIpc) is 2.86. The summed E-state index contributed by atoms with van der Waals surface area (Å²) in [5.74, 6) is -4.41. The van der Waals surface area contributed by atoms with Crippen molar-refractivity contribution in [1.29, 1.82) is 0 Å². The Morgan fingerprint density at radius 3 is 2.03 bits per heavy atom. The summed E-state index contributed by atoms with van der Waals surface area (Å²) >= 11 is 0. The molecule has 0 amide bonds. The molecule has 34 heavy (non-hydrogen) atoms. The van der Waals surface area contributed by atoms with E-state index in [2.05, 4.69) is 0 Å². The van der Waals surface area contributed by atoms with Crippen LogP contribution in [0.1, 0.15) is 41.3 Å². The van der Waals surface area contributed by atoms with Crippen LogP contribution >= 0.6 is 0 Å². The van der Waals surface area contributed by atoms with Crippen LogP contribution in [0.2, 0.25) is 0 Å². The van der Waals surface area contributed by atoms with Gasteiger partial charge in [-0.15, -0.1) is 0 Å². The van der Waals surface area contributed by atoms with E-state index in [4.69, 9.17) is 9.47 Å². The minimum Gasteiger partial charge on any atom is -0.497 e. The van der Waals surface area contributed by atoms with Gasteiger partial charge >= 0.3 is 5.97 Å². The lowest BCUT2D eigenvalue weighted by molar-refractivity contribution is -0.154. The van der Waals surface area contributed by atoms with E-state index < -0.39 is 41.1 Å². The largest absolute Gasteiger partial charge is 0.497 e. The summed E-state index contributed by atoms with van der Waals surface area (Å²) in [7, 11) is 1.55. The first kappa shape index (κ1) is 24.8. The number of methoxy groups -OCH3 is 1. The molecule has 3 aromatic rings. The minimum absolute atomic E-state index is 0.0586. The molecule has 0 saturated carbocycles. The Balaban J connectivity index is 1.97. The van der Waals surface area contributed by atoms with E-state index in [9.17, 15) is 18.8 Å². The summed E-state index contributed by atoms with van der Waals surface area (Å²) in [5, 5.41) is 0. The maximum atomic E-state index is 13.6. The van der Waals surface area contributed by atoms with Crippen molar-refractivity contribution in [2.24, 2.45) is 11.8 Å². The molecule has 0 spiro atoms. The van der Waals surface area contributed by atoms with Gasteiger partial charge < -0.3 is 9.47 Å². The fourth-order valence-electron chi connectivity index (χ4n) is 3.69. The highest BCUT2D eigenvalue weighted by Crippen LogP contribution is 2.33. The molecule has 0 aliphatic heterocycles. The van der Waals surface area contributed by atoms with Crippen molar-refractivity contribution in [3.63, 3.8) is 0 Å². The Hall–Kier alpha value is -3.80. The van der Waals surface area contributed by atoms with Gasteiger partial charge in [0.05, 0.1) is 13.0 Å². The van der Waals surface area contributed by atoms with E-state index >= 15 is 0 Å². The third-order valence-electron chi connectivity index (χ3n) is 5.57. The van der Waals surface area contributed by atoms with E-state index in [1.165, 1.54) is 24.3 Å². The molecule has 0 N–H and O–H groups in total. The molecule has 0 aliphatic carbocycles. The van der Waals surface area contributed by atoms with Crippen molar-refractivity contribution in [3.8, 4) is 5.75 Å². The van der Waals surface area contributed by atoms with E-state index in [1.54, 1.807) is 75.6 Å². The maximum Gasteiger partial charge on any atom is 0.317 e. The zero-order valence-electron chi connectivity index (χ0n) is 19.4. The number of rotatable bonds is 10. The smallest absolute Gasteiger partial charge is 0.317 e. The Morgan fingerprint density at radius 1 is 0.853 bits per heavy atom. The van der Waals surface area contributed by atoms with Crippen LogP contribution in [0.25, 0.3) is 0 Å². The molecule has 2 atom stereocenters. The lowest BCUT2D eigenvalue weighted by Crippen LogP contribution is -2.38. The SMILES string of the molecule is COc1ccc(COC(=O)C(C(=O)C(C)C)C(C(=O)c2ccc(F)cc2)c2ccccc2)cc1. The number of benzene rings is 3. The molecule has 6 heteroatoms. The fraction of sp³-hybridized carbons (Fsp3) is 0.250. The van der Waals surface area contributed by atoms with Gasteiger partial charge in [0, 0.05) is 11.5 Å². The Labute approximate surface area is 198 Å². The van der Waals surface area contributed by atoms with Crippen molar-refractivity contribution in [2.75, 3.05) is 7.11 Å². The lowest BCUT2D eigenvalue weighted by Gasteiger charge is -2.26. The predicted molar refractivity (Wildman–Crippen MR) is 126 cm³/mol. The standard InChI is InChI=1S/C28H27FO5/c1-18(2)26(30)25(28(32)34-17-19-9-15-23(33-3)16-10-19)24(20-7-5-4-6-8-20)27(31)21-11-13-22(29)14-12-21/h4-16,18,24-25H,17H2,1-3H3. The summed E-state index contributed by atoms with van der Waals surface area (Å²) < 4.78 is 24.1. The molecule has 0 aromatic heterocycles. The number of ether oxygens (including phenoxy) is 2. The van der Waals surface area contributed by atoms with Gasteiger partial charge in [0.2, 0.25) is 0 Å². The molecule has 0 aliphatic rings. The summed E-state index contributed by atoms with van der Waals surface area (Å²) in [6.07, 6.45) is 0. The maximum absolute atomic E-state index is 13.6. The number of hydrogen-bond acceptors (Lipinski definition) is 5. The number of halogens is 1. The molecule has 5 nitrogen and oxygen atoms in total. The predicted octanol–water partition coefficient (Wildman–Crippen LogP) is 5.39. The second kappa shape index (κ2) is 11.4. The normalized spacial score (nSPS) is 12.6. The zero-order valence-corrected chi connectivity index (χ0v) is 19.4. The molecule has 176 valence electrons. The van der Waals surface area contributed by atoms with Crippen LogP contribution in [-0.4, -0.2) is 24.6 Å². The van der Waals surface area contributed by atoms with E-state index in [0.29, 0.717) is 16.9 Å². The van der Waals surface area contributed by atoms with Gasteiger partial charge in [-0.25, -0.2) is 4.39 Å². The minimum atomic E-state index is -1.35. The highest BCUT2D eigenvalue weighted by molar-refractivity contribution is 6.10. The third-order valence-corrected chi connectivity index (χ3v) is 5.57. The second-order valence-electron chi connectivity index (χ2n) is 8.25. The van der Waals surface area contributed by atoms with Crippen molar-refractivity contribution in [3.05, 3.63) is 101 Å². The molecule has 0 radical (unpaired) electrons. The van der Waals surface area contributed by atoms with Crippen molar-refractivity contribution in [1.82, 2.24) is 0 Å². The molecule has 0 fully saturated rings. The van der Waals surface area contributed by atoms with Gasteiger partial charge in [0.1, 0.15) is 24.1 Å². The second-order valence-corrected chi connectivity index (χ2v) is 8.25. The van der Waals surface area contributed by atoms with E-state index in [-0.39, 0.29) is 12.2 Å². The van der Waals surface area contributed by atoms with Gasteiger partial charge in [-0.3, -0.25) is 14.4 Å². The van der Waals surface area contributed by atoms with Crippen LogP contribution in [0.5, 0.6) is 5.75 Å². The van der Waals surface area contributed by atoms with E-state index in [1.807, 2.05) is 0 Å². The first-order valence-electron chi connectivity index (χ1n) is 11.0. The van der Waals surface area contributed by atoms with Gasteiger partial charge in [0.15, 0.2) is 11.6 Å². The first-order chi connectivity index (χ1) is 16.3. The summed E-state index contributed by atoms with van der Waals surface area (Å²) in [6.45, 7) is 3.30. The molecule has 0 bridgehead atoms. The van der Waals surface area contributed by atoms with Crippen LogP contribution < -0.4 is 4.74 Å². The summed E-state index contributed by atoms with van der Waals surface area (Å²) in [4.78, 5) is 40.1. The highest BCUT2D eigenvalue weighted by Gasteiger charge is 2.42. The Kier molecular flexibility index (Phi) is 8.30. The molecular weight excluding hydrogens is 435 g/mol. The zero-order chi connectivity index (χ0) is 24.7. The fourth-order valence-corrected chi connectivity index (χ4v) is 3.69. The van der Waals surface area contributed by atoms with Gasteiger partial charge in [-0.2, -0.15) is 0 Å². The van der Waals surface area contributed by atoms with Crippen molar-refractivity contribution < 1.29 is 28.2 Å². The Morgan fingerprint density at radius 2 is 1.47 bits per heavy atom. The summed E-state index contributed by atoms with van der Waals surface area (Å²) in [5.41, 5.74) is 1.43. The number of hydrogen-bond donors (Lipinski definition) is 0. The number of carbonyl (C=O) groups excluding carboxylic acids is 3. The molecule has 3 rings (SSSR count). The molecule has 0 heterocycles. The van der Waals surface area contributed by atoms with Crippen LogP contribution in [0.3, 0.4) is 0 Å². The van der Waals surface area contributed by atoms with Crippen molar-refractivity contribution >= 4 is 17.5 Å². The highest BCUT2D eigenvalue weighted by atomic mass is 19.1. The quantitative estimate of drug-likeness (QED) is 0.230. The summed E-state index contributed by atoms with van der Waals surface area (Å²) in [6, 6.07) is 20.7. The van der Waals surface area contributed by atoms with Crippen LogP contribution in [-0.2, 0) is 20.9 Å². The topological polar surface area (TPSA) is 69.7 Å². The van der Waals surface area contributed by atoms with Crippen LogP contribution in [0.4, 0.5) is 4.39 Å². The molecule has 3 aromatic carbocycles. The first-order valence-corrected chi connectivity index (χ1v) is 11.0. The number of esters is 1. The average molecular weight is 463 g/mol. The Bertz CT molecular complexity index is 1120. The molecule has 0 saturated heterocycles. The van der Waals surface area contributed by atoms with Gasteiger partial charge in [0.25, 0.3) is 0 Å². The van der Waals surface area contributed by atoms with Gasteiger partial charge in [-0.1, -0.05) is 56.3 Å². The molecule has 2 unspecified atom stereocenters. The monoisotopic (exact) mass is 462 g/mol. The number of carbonyl (C=O) groups is 3. The molecular formula is C28H27FO5. The van der Waals surface area contributed by atoms with Crippen LogP contribution in [0.15, 0.2) is 78.9 Å². The van der Waals surface area contributed by atoms with Crippen LogP contribution in [0, 0.1) is 17.7 Å². The lowest BCUT2D eigenvalue weighted by atomic mass is 9.76. The van der Waals surface area contributed by atoms with Crippen molar-refractivity contribution in [2.45, 2.75) is 26.4 Å². The third kappa shape index (κ3) is 5.95. The van der Waals surface area contributed by atoms with Gasteiger partial charge in [-0.05, 0) is 47.5 Å². The number of ketones is 2. The van der Waals surface area contributed by atoms with E-state index in [0.717, 1.165) is 0 Å². The number of Topliss-reactive ketones (excluding diaryl/α,β-unsaturated/α-hetero) is 2.